The monoisotopic (exact) mass is 380 g/mol. The third kappa shape index (κ3) is 3.27. The van der Waals surface area contributed by atoms with Crippen molar-refractivity contribution in [1.82, 2.24) is 9.21 Å². The third-order valence-corrected chi connectivity index (χ3v) is 7.54. The summed E-state index contributed by atoms with van der Waals surface area (Å²) in [6, 6.07) is 2.06. The highest BCUT2D eigenvalue weighted by Crippen LogP contribution is 2.31. The average molecular weight is 381 g/mol. The first kappa shape index (κ1) is 16.4. The SMILES string of the molecule is CCN1CCCC1CN(C)S(=O)(=O)c1cc(Br)sc1C. The van der Waals surface area contributed by atoms with Crippen molar-refractivity contribution in [3.63, 3.8) is 0 Å². The van der Waals surface area contributed by atoms with Crippen molar-refractivity contribution in [2.24, 2.45) is 0 Å². The van der Waals surface area contributed by atoms with Crippen LogP contribution in [0.1, 0.15) is 24.6 Å². The van der Waals surface area contributed by atoms with Crippen molar-refractivity contribution in [1.29, 1.82) is 0 Å². The second-order valence-electron chi connectivity index (χ2n) is 5.18. The van der Waals surface area contributed by atoms with E-state index in [0.29, 0.717) is 17.5 Å². The number of rotatable bonds is 5. The van der Waals surface area contributed by atoms with Crippen LogP contribution in [-0.2, 0) is 10.0 Å². The molecule has 0 radical (unpaired) electrons. The standard InChI is InChI=1S/C13H21BrN2O2S2/c1-4-16-7-5-6-11(16)9-15(3)20(17,18)12-8-13(14)19-10(12)2/h8,11H,4-7,9H2,1-3H3. The molecule has 4 nitrogen and oxygen atoms in total. The van der Waals surface area contributed by atoms with Crippen LogP contribution in [-0.4, -0.2) is 50.3 Å². The predicted molar refractivity (Wildman–Crippen MR) is 86.8 cm³/mol. The Bertz CT molecular complexity index is 571. The first-order chi connectivity index (χ1) is 9.36. The minimum absolute atomic E-state index is 0.349. The van der Waals surface area contributed by atoms with Gasteiger partial charge in [-0.1, -0.05) is 6.92 Å². The molecule has 1 saturated heterocycles. The number of likely N-dealkylation sites (N-methyl/N-ethyl adjacent to an activating group) is 2. The van der Waals surface area contributed by atoms with Gasteiger partial charge in [0.2, 0.25) is 10.0 Å². The predicted octanol–water partition coefficient (Wildman–Crippen LogP) is 2.92. The molecule has 0 N–H and O–H groups in total. The lowest BCUT2D eigenvalue weighted by Gasteiger charge is -2.27. The molecule has 1 aliphatic heterocycles. The Balaban J connectivity index is 2.15. The number of nitrogens with zero attached hydrogens (tertiary/aromatic N) is 2. The number of hydrogen-bond acceptors (Lipinski definition) is 4. The van der Waals surface area contributed by atoms with Crippen LogP contribution in [0.2, 0.25) is 0 Å². The van der Waals surface area contributed by atoms with Crippen LogP contribution in [0.5, 0.6) is 0 Å². The molecule has 114 valence electrons. The lowest BCUT2D eigenvalue weighted by molar-refractivity contribution is 0.237. The van der Waals surface area contributed by atoms with E-state index in [4.69, 9.17) is 0 Å². The van der Waals surface area contributed by atoms with Gasteiger partial charge in [-0.05, 0) is 54.9 Å². The van der Waals surface area contributed by atoms with Crippen molar-refractivity contribution >= 4 is 37.3 Å². The maximum absolute atomic E-state index is 12.6. The molecule has 1 aromatic heterocycles. The molecular weight excluding hydrogens is 360 g/mol. The average Bonchev–Trinajstić information content (AvgIpc) is 2.95. The van der Waals surface area contributed by atoms with Crippen LogP contribution in [0.4, 0.5) is 0 Å². The number of thiophene rings is 1. The summed E-state index contributed by atoms with van der Waals surface area (Å²) in [6.07, 6.45) is 2.25. The molecule has 1 unspecified atom stereocenters. The first-order valence-corrected chi connectivity index (χ1v) is 9.87. The summed E-state index contributed by atoms with van der Waals surface area (Å²) < 4.78 is 27.7. The molecule has 0 aromatic carbocycles. The van der Waals surface area contributed by atoms with Crippen LogP contribution < -0.4 is 0 Å². The van der Waals surface area contributed by atoms with Gasteiger partial charge in [-0.15, -0.1) is 11.3 Å². The van der Waals surface area contributed by atoms with Gasteiger partial charge in [-0.25, -0.2) is 8.42 Å². The van der Waals surface area contributed by atoms with Gasteiger partial charge in [0.05, 0.1) is 8.68 Å². The van der Waals surface area contributed by atoms with E-state index >= 15 is 0 Å². The first-order valence-electron chi connectivity index (χ1n) is 6.82. The largest absolute Gasteiger partial charge is 0.299 e. The molecule has 0 bridgehead atoms. The molecule has 7 heteroatoms. The topological polar surface area (TPSA) is 40.6 Å². The van der Waals surface area contributed by atoms with E-state index in [9.17, 15) is 8.42 Å². The Morgan fingerprint density at radius 1 is 1.55 bits per heavy atom. The molecule has 0 spiro atoms. The minimum Gasteiger partial charge on any atom is -0.299 e. The molecule has 0 saturated carbocycles. The van der Waals surface area contributed by atoms with E-state index in [2.05, 4.69) is 27.8 Å². The number of likely N-dealkylation sites (tertiary alicyclic amines) is 1. The summed E-state index contributed by atoms with van der Waals surface area (Å²) in [7, 11) is -1.69. The Labute approximate surface area is 133 Å². The van der Waals surface area contributed by atoms with Gasteiger partial charge in [0.1, 0.15) is 0 Å². The van der Waals surface area contributed by atoms with Crippen molar-refractivity contribution < 1.29 is 8.42 Å². The van der Waals surface area contributed by atoms with Gasteiger partial charge in [-0.3, -0.25) is 4.90 Å². The molecular formula is C13H21BrN2O2S2. The van der Waals surface area contributed by atoms with E-state index in [1.165, 1.54) is 15.6 Å². The van der Waals surface area contributed by atoms with E-state index in [1.54, 1.807) is 13.1 Å². The van der Waals surface area contributed by atoms with Gasteiger partial charge in [-0.2, -0.15) is 4.31 Å². The quantitative estimate of drug-likeness (QED) is 0.788. The Morgan fingerprint density at radius 3 is 2.80 bits per heavy atom. The normalized spacial score (nSPS) is 20.9. The highest BCUT2D eigenvalue weighted by atomic mass is 79.9. The van der Waals surface area contributed by atoms with Crippen LogP contribution in [0, 0.1) is 6.92 Å². The lowest BCUT2D eigenvalue weighted by atomic mass is 10.2. The summed E-state index contributed by atoms with van der Waals surface area (Å²) in [5, 5.41) is 0. The maximum atomic E-state index is 12.6. The van der Waals surface area contributed by atoms with E-state index < -0.39 is 10.0 Å². The molecule has 20 heavy (non-hydrogen) atoms. The minimum atomic E-state index is -3.38. The summed E-state index contributed by atoms with van der Waals surface area (Å²) in [4.78, 5) is 3.63. The van der Waals surface area contributed by atoms with Crippen LogP contribution in [0.25, 0.3) is 0 Å². The molecule has 0 aliphatic carbocycles. The highest BCUT2D eigenvalue weighted by Gasteiger charge is 2.30. The summed E-state index contributed by atoms with van der Waals surface area (Å²) in [5.41, 5.74) is 0. The summed E-state index contributed by atoms with van der Waals surface area (Å²) in [6.45, 7) is 6.62. The molecule has 1 fully saturated rings. The van der Waals surface area contributed by atoms with Crippen LogP contribution >= 0.6 is 27.3 Å². The zero-order chi connectivity index (χ0) is 14.9. The number of aryl methyl sites for hydroxylation is 1. The van der Waals surface area contributed by atoms with Gasteiger partial charge in [0.25, 0.3) is 0 Å². The zero-order valence-corrected chi connectivity index (χ0v) is 15.3. The van der Waals surface area contributed by atoms with Crippen molar-refractivity contribution in [2.45, 2.75) is 37.6 Å². The molecule has 2 rings (SSSR count). The van der Waals surface area contributed by atoms with Crippen molar-refractivity contribution in [3.8, 4) is 0 Å². The van der Waals surface area contributed by atoms with Crippen LogP contribution in [0.3, 0.4) is 0 Å². The van der Waals surface area contributed by atoms with Gasteiger partial charge in [0, 0.05) is 24.5 Å². The van der Waals surface area contributed by atoms with Crippen molar-refractivity contribution in [2.75, 3.05) is 26.7 Å². The molecule has 1 atom stereocenters. The fraction of sp³-hybridized carbons (Fsp3) is 0.692. The molecule has 0 amide bonds. The van der Waals surface area contributed by atoms with E-state index in [-0.39, 0.29) is 0 Å². The smallest absolute Gasteiger partial charge is 0.244 e. The van der Waals surface area contributed by atoms with E-state index in [1.807, 2.05) is 6.92 Å². The third-order valence-electron chi connectivity index (χ3n) is 3.90. The number of sulfonamides is 1. The zero-order valence-electron chi connectivity index (χ0n) is 12.1. The van der Waals surface area contributed by atoms with Crippen molar-refractivity contribution in [3.05, 3.63) is 14.7 Å². The fourth-order valence-electron chi connectivity index (χ4n) is 2.77. The Kier molecular flexibility index (Phi) is 5.29. The Hall–Kier alpha value is 0.0500. The van der Waals surface area contributed by atoms with Crippen LogP contribution in [0.15, 0.2) is 14.7 Å². The summed E-state index contributed by atoms with van der Waals surface area (Å²) >= 11 is 4.82. The maximum Gasteiger partial charge on any atom is 0.244 e. The van der Waals surface area contributed by atoms with E-state index in [0.717, 1.165) is 34.6 Å². The molecule has 1 aliphatic rings. The molecule has 2 heterocycles. The van der Waals surface area contributed by atoms with Gasteiger partial charge < -0.3 is 0 Å². The number of halogens is 1. The van der Waals surface area contributed by atoms with Gasteiger partial charge >= 0.3 is 0 Å². The molecule has 1 aromatic rings. The lowest BCUT2D eigenvalue weighted by Crippen LogP contribution is -2.41. The summed E-state index contributed by atoms with van der Waals surface area (Å²) in [5.74, 6) is 0. The fourth-order valence-corrected chi connectivity index (χ4v) is 6.36. The van der Waals surface area contributed by atoms with Gasteiger partial charge in [0.15, 0.2) is 0 Å². The Morgan fingerprint density at radius 2 is 2.25 bits per heavy atom. The second kappa shape index (κ2) is 6.44. The highest BCUT2D eigenvalue weighted by molar-refractivity contribution is 9.11. The number of hydrogen-bond donors (Lipinski definition) is 0. The second-order valence-corrected chi connectivity index (χ2v) is 9.83.